The zero-order valence-electron chi connectivity index (χ0n) is 15.9. The van der Waals surface area contributed by atoms with Crippen LogP contribution in [0.5, 0.6) is 0 Å². The van der Waals surface area contributed by atoms with E-state index in [1.54, 1.807) is 11.0 Å². The predicted molar refractivity (Wildman–Crippen MR) is 107 cm³/mol. The first-order chi connectivity index (χ1) is 13.4. The van der Waals surface area contributed by atoms with Crippen molar-refractivity contribution >= 4 is 28.9 Å². The van der Waals surface area contributed by atoms with Crippen LogP contribution in [0.2, 0.25) is 0 Å². The number of nitro benzene ring substituents is 1. The van der Waals surface area contributed by atoms with Crippen molar-refractivity contribution in [3.05, 3.63) is 64.2 Å². The van der Waals surface area contributed by atoms with Crippen molar-refractivity contribution in [2.45, 2.75) is 32.6 Å². The van der Waals surface area contributed by atoms with Gasteiger partial charge in [0.1, 0.15) is 0 Å². The molecule has 2 aromatic rings. The van der Waals surface area contributed by atoms with Crippen molar-refractivity contribution in [1.82, 2.24) is 0 Å². The van der Waals surface area contributed by atoms with Crippen LogP contribution in [0.4, 0.5) is 17.1 Å². The predicted octanol–water partition coefficient (Wildman–Crippen LogP) is 4.10. The second-order valence-electron chi connectivity index (χ2n) is 7.10. The summed E-state index contributed by atoms with van der Waals surface area (Å²) in [6.07, 6.45) is 1.16. The minimum absolute atomic E-state index is 0.0941. The molecule has 2 aromatic carbocycles. The molecule has 0 bridgehead atoms. The zero-order chi connectivity index (χ0) is 20.3. The van der Waals surface area contributed by atoms with Gasteiger partial charge in [-0.15, -0.1) is 0 Å². The van der Waals surface area contributed by atoms with Crippen LogP contribution in [-0.2, 0) is 9.59 Å². The summed E-state index contributed by atoms with van der Waals surface area (Å²) in [4.78, 5) is 36.9. The molecule has 0 saturated carbocycles. The first kappa shape index (κ1) is 19.5. The third kappa shape index (κ3) is 4.19. The van der Waals surface area contributed by atoms with E-state index in [-0.39, 0.29) is 23.9 Å². The molecular formula is C21H23N3O4. The number of anilines is 2. The minimum Gasteiger partial charge on any atom is -0.326 e. The van der Waals surface area contributed by atoms with Crippen LogP contribution in [0.15, 0.2) is 48.5 Å². The van der Waals surface area contributed by atoms with Crippen molar-refractivity contribution in [2.24, 2.45) is 5.92 Å². The standard InChI is InChI=1S/C21H23N3O4/c1-3-14(2)15-7-9-18(10-8-15)23-13-16(11-20(23)25)21(26)22-17-5-4-6-19(12-17)24(27)28/h4-10,12,14,16H,3,11,13H2,1-2H3,(H,22,26)/t14-,16+/m1/s1. The molecule has 1 saturated heterocycles. The number of rotatable bonds is 6. The molecule has 146 valence electrons. The summed E-state index contributed by atoms with van der Waals surface area (Å²) < 4.78 is 0. The molecule has 3 rings (SSSR count). The summed E-state index contributed by atoms with van der Waals surface area (Å²) >= 11 is 0. The molecule has 0 unspecified atom stereocenters. The molecular weight excluding hydrogens is 358 g/mol. The Labute approximate surface area is 163 Å². The van der Waals surface area contributed by atoms with Gasteiger partial charge in [-0.25, -0.2) is 0 Å². The van der Waals surface area contributed by atoms with E-state index in [1.165, 1.54) is 23.8 Å². The summed E-state index contributed by atoms with van der Waals surface area (Å²) in [6, 6.07) is 13.6. The van der Waals surface area contributed by atoms with Crippen molar-refractivity contribution in [3.8, 4) is 0 Å². The van der Waals surface area contributed by atoms with Crippen molar-refractivity contribution in [1.29, 1.82) is 0 Å². The highest BCUT2D eigenvalue weighted by Gasteiger charge is 2.35. The molecule has 0 aliphatic carbocycles. The maximum atomic E-state index is 12.5. The fraction of sp³-hybridized carbons (Fsp3) is 0.333. The van der Waals surface area contributed by atoms with Crippen molar-refractivity contribution < 1.29 is 14.5 Å². The Morgan fingerprint density at radius 3 is 2.64 bits per heavy atom. The van der Waals surface area contributed by atoms with E-state index in [2.05, 4.69) is 19.2 Å². The normalized spacial score (nSPS) is 17.4. The average Bonchev–Trinajstić information content (AvgIpc) is 3.09. The lowest BCUT2D eigenvalue weighted by atomic mass is 9.98. The SMILES string of the molecule is CC[C@@H](C)c1ccc(N2C[C@@H](C(=O)Nc3cccc([N+](=O)[O-])c3)CC2=O)cc1. The van der Waals surface area contributed by atoms with Gasteiger partial charge in [0, 0.05) is 36.5 Å². The molecule has 2 amide bonds. The minimum atomic E-state index is -0.514. The maximum Gasteiger partial charge on any atom is 0.271 e. The molecule has 28 heavy (non-hydrogen) atoms. The summed E-state index contributed by atoms with van der Waals surface area (Å²) in [5, 5.41) is 13.5. The number of nitrogens with one attached hydrogen (secondary N) is 1. The fourth-order valence-electron chi connectivity index (χ4n) is 3.29. The first-order valence-corrected chi connectivity index (χ1v) is 9.34. The van der Waals surface area contributed by atoms with Crippen molar-refractivity contribution in [2.75, 3.05) is 16.8 Å². The Bertz CT molecular complexity index is 895. The van der Waals surface area contributed by atoms with Crippen LogP contribution in [0.3, 0.4) is 0 Å². The topological polar surface area (TPSA) is 92.6 Å². The van der Waals surface area contributed by atoms with Crippen molar-refractivity contribution in [3.63, 3.8) is 0 Å². The molecule has 1 aliphatic rings. The fourth-order valence-corrected chi connectivity index (χ4v) is 3.29. The van der Waals surface area contributed by atoms with Gasteiger partial charge >= 0.3 is 0 Å². The number of carbonyl (C=O) groups excluding carboxylic acids is 2. The number of amides is 2. The number of carbonyl (C=O) groups is 2. The van der Waals surface area contributed by atoms with Crippen LogP contribution in [0.25, 0.3) is 0 Å². The van der Waals surface area contributed by atoms with Crippen LogP contribution in [0.1, 0.15) is 38.2 Å². The molecule has 2 atom stereocenters. The smallest absolute Gasteiger partial charge is 0.271 e. The maximum absolute atomic E-state index is 12.5. The Kier molecular flexibility index (Phi) is 5.73. The molecule has 0 aromatic heterocycles. The Hall–Kier alpha value is -3.22. The van der Waals surface area contributed by atoms with E-state index >= 15 is 0 Å². The number of nitrogens with zero attached hydrogens (tertiary/aromatic N) is 2. The summed E-state index contributed by atoms with van der Waals surface area (Å²) in [7, 11) is 0. The van der Waals surface area contributed by atoms with Gasteiger partial charge in [0.25, 0.3) is 5.69 Å². The largest absolute Gasteiger partial charge is 0.326 e. The van der Waals surface area contributed by atoms with Gasteiger partial charge in [-0.1, -0.05) is 32.0 Å². The molecule has 1 N–H and O–H groups in total. The van der Waals surface area contributed by atoms with Gasteiger partial charge in [-0.3, -0.25) is 19.7 Å². The number of non-ortho nitro benzene ring substituents is 1. The van der Waals surface area contributed by atoms with E-state index < -0.39 is 10.8 Å². The quantitative estimate of drug-likeness (QED) is 0.602. The van der Waals surface area contributed by atoms with E-state index in [1.807, 2.05) is 24.3 Å². The van der Waals surface area contributed by atoms with Gasteiger partial charge in [-0.2, -0.15) is 0 Å². The number of hydrogen-bond donors (Lipinski definition) is 1. The lowest BCUT2D eigenvalue weighted by Crippen LogP contribution is -2.28. The molecule has 1 aliphatic heterocycles. The third-order valence-electron chi connectivity index (χ3n) is 5.21. The summed E-state index contributed by atoms with van der Waals surface area (Å²) in [6.45, 7) is 4.58. The van der Waals surface area contributed by atoms with Gasteiger partial charge in [-0.05, 0) is 36.1 Å². The van der Waals surface area contributed by atoms with Crippen LogP contribution < -0.4 is 10.2 Å². The van der Waals surface area contributed by atoms with Gasteiger partial charge in [0.2, 0.25) is 11.8 Å². The summed E-state index contributed by atoms with van der Waals surface area (Å²) in [5.74, 6) is -0.458. The van der Waals surface area contributed by atoms with Gasteiger partial charge in [0.15, 0.2) is 0 Å². The number of benzene rings is 2. The Balaban J connectivity index is 1.67. The van der Waals surface area contributed by atoms with Crippen LogP contribution >= 0.6 is 0 Å². The first-order valence-electron chi connectivity index (χ1n) is 9.34. The van der Waals surface area contributed by atoms with E-state index in [0.717, 1.165) is 12.1 Å². The van der Waals surface area contributed by atoms with E-state index in [4.69, 9.17) is 0 Å². The number of hydrogen-bond acceptors (Lipinski definition) is 4. The highest BCUT2D eigenvalue weighted by molar-refractivity contribution is 6.03. The second kappa shape index (κ2) is 8.21. The van der Waals surface area contributed by atoms with Gasteiger partial charge in [0.05, 0.1) is 10.8 Å². The highest BCUT2D eigenvalue weighted by Crippen LogP contribution is 2.28. The molecule has 7 heteroatoms. The molecule has 0 radical (unpaired) electrons. The Morgan fingerprint density at radius 1 is 1.29 bits per heavy atom. The zero-order valence-corrected chi connectivity index (χ0v) is 15.9. The lowest BCUT2D eigenvalue weighted by Gasteiger charge is -2.18. The average molecular weight is 381 g/mol. The molecule has 0 spiro atoms. The van der Waals surface area contributed by atoms with E-state index in [0.29, 0.717) is 18.2 Å². The Morgan fingerprint density at radius 2 is 2.00 bits per heavy atom. The molecule has 7 nitrogen and oxygen atoms in total. The highest BCUT2D eigenvalue weighted by atomic mass is 16.6. The molecule has 1 fully saturated rings. The van der Waals surface area contributed by atoms with Crippen LogP contribution in [0, 0.1) is 16.0 Å². The summed E-state index contributed by atoms with van der Waals surface area (Å²) in [5.41, 5.74) is 2.26. The lowest BCUT2D eigenvalue weighted by molar-refractivity contribution is -0.384. The van der Waals surface area contributed by atoms with E-state index in [9.17, 15) is 19.7 Å². The van der Waals surface area contributed by atoms with Gasteiger partial charge < -0.3 is 10.2 Å². The number of nitro groups is 1. The molecule has 1 heterocycles. The monoisotopic (exact) mass is 381 g/mol. The second-order valence-corrected chi connectivity index (χ2v) is 7.10. The van der Waals surface area contributed by atoms with Crippen LogP contribution in [-0.4, -0.2) is 23.3 Å². The third-order valence-corrected chi connectivity index (χ3v) is 5.21.